The minimum atomic E-state index is -4.63. The van der Waals surface area contributed by atoms with Crippen molar-refractivity contribution in [2.24, 2.45) is 0 Å². The van der Waals surface area contributed by atoms with E-state index in [9.17, 15) is 18.0 Å². The van der Waals surface area contributed by atoms with Gasteiger partial charge in [0.2, 0.25) is 11.8 Å². The molecule has 4 rings (SSSR count). The van der Waals surface area contributed by atoms with Gasteiger partial charge in [-0.2, -0.15) is 18.2 Å². The highest BCUT2D eigenvalue weighted by molar-refractivity contribution is 6.31. The lowest BCUT2D eigenvalue weighted by Gasteiger charge is -2.13. The van der Waals surface area contributed by atoms with Gasteiger partial charge < -0.3 is 15.4 Å². The van der Waals surface area contributed by atoms with Crippen LogP contribution in [-0.2, 0) is 6.18 Å². The van der Waals surface area contributed by atoms with Crippen molar-refractivity contribution in [3.8, 4) is 11.6 Å². The number of fused-ring (bicyclic) bond motifs is 1. The van der Waals surface area contributed by atoms with Crippen LogP contribution < -0.4 is 15.4 Å². The standard InChI is InChI=1S/C23H16ClF3N4O2/c1-28-22-29-10-9-20(31-22)33-15-6-7-16-13(11-15)3-2-4-17(16)21(32)30-14-5-8-19(24)18(12-14)23(25,26)27/h2-12H,1H3,(H,30,32)(H,28,29,31). The highest BCUT2D eigenvalue weighted by atomic mass is 35.5. The Balaban J connectivity index is 1.60. The molecule has 1 amide bonds. The maximum Gasteiger partial charge on any atom is 0.417 e. The van der Waals surface area contributed by atoms with Crippen LogP contribution in [-0.4, -0.2) is 22.9 Å². The number of benzene rings is 3. The Morgan fingerprint density at radius 1 is 1.06 bits per heavy atom. The van der Waals surface area contributed by atoms with Crippen LogP contribution in [0.5, 0.6) is 11.6 Å². The maximum atomic E-state index is 13.1. The maximum absolute atomic E-state index is 13.1. The number of ether oxygens (including phenoxy) is 1. The van der Waals surface area contributed by atoms with Gasteiger partial charge in [-0.25, -0.2) is 4.98 Å². The van der Waals surface area contributed by atoms with Gasteiger partial charge in [-0.15, -0.1) is 0 Å². The Kier molecular flexibility index (Phi) is 6.06. The van der Waals surface area contributed by atoms with Crippen LogP contribution in [0.4, 0.5) is 24.8 Å². The van der Waals surface area contributed by atoms with E-state index in [1.807, 2.05) is 0 Å². The van der Waals surface area contributed by atoms with Crippen molar-refractivity contribution < 1.29 is 22.7 Å². The molecular weight excluding hydrogens is 457 g/mol. The zero-order chi connectivity index (χ0) is 23.6. The van der Waals surface area contributed by atoms with Gasteiger partial charge in [-0.1, -0.05) is 23.7 Å². The first kappa shape index (κ1) is 22.3. The Morgan fingerprint density at radius 2 is 1.88 bits per heavy atom. The summed E-state index contributed by atoms with van der Waals surface area (Å²) in [4.78, 5) is 21.1. The molecule has 10 heteroatoms. The number of hydrogen-bond donors (Lipinski definition) is 2. The molecule has 1 aromatic heterocycles. The summed E-state index contributed by atoms with van der Waals surface area (Å²) in [5.41, 5.74) is -0.743. The normalized spacial score (nSPS) is 11.3. The van der Waals surface area contributed by atoms with E-state index in [2.05, 4.69) is 20.6 Å². The third-order valence-corrected chi connectivity index (χ3v) is 5.03. The Bertz CT molecular complexity index is 1350. The zero-order valence-corrected chi connectivity index (χ0v) is 17.8. The molecule has 0 atom stereocenters. The van der Waals surface area contributed by atoms with E-state index >= 15 is 0 Å². The van der Waals surface area contributed by atoms with Crippen LogP contribution in [0.3, 0.4) is 0 Å². The number of halogens is 4. The lowest BCUT2D eigenvalue weighted by atomic mass is 10.0. The molecular formula is C23H16ClF3N4O2. The summed E-state index contributed by atoms with van der Waals surface area (Å²) in [5, 5.41) is 6.19. The molecule has 0 radical (unpaired) electrons. The molecule has 2 N–H and O–H groups in total. The molecule has 0 aliphatic heterocycles. The van der Waals surface area contributed by atoms with E-state index in [1.54, 1.807) is 55.7 Å². The number of aromatic nitrogens is 2. The number of carbonyl (C=O) groups excluding carboxylic acids is 1. The smallest absolute Gasteiger partial charge is 0.417 e. The molecule has 33 heavy (non-hydrogen) atoms. The van der Waals surface area contributed by atoms with E-state index in [1.165, 1.54) is 6.07 Å². The first-order valence-corrected chi connectivity index (χ1v) is 10.0. The van der Waals surface area contributed by atoms with Gasteiger partial charge in [-0.05, 0) is 53.2 Å². The predicted molar refractivity (Wildman–Crippen MR) is 120 cm³/mol. The van der Waals surface area contributed by atoms with Gasteiger partial charge in [0, 0.05) is 30.6 Å². The highest BCUT2D eigenvalue weighted by Crippen LogP contribution is 2.36. The first-order valence-electron chi connectivity index (χ1n) is 9.64. The average Bonchev–Trinajstić information content (AvgIpc) is 2.79. The van der Waals surface area contributed by atoms with Crippen LogP contribution in [0.1, 0.15) is 15.9 Å². The SMILES string of the molecule is CNc1nccc(Oc2ccc3c(C(=O)Nc4ccc(Cl)c(C(F)(F)F)c4)cccc3c2)n1. The molecule has 0 unspecified atom stereocenters. The van der Waals surface area contributed by atoms with Gasteiger partial charge in [0.15, 0.2) is 0 Å². The lowest BCUT2D eigenvalue weighted by Crippen LogP contribution is -2.14. The van der Waals surface area contributed by atoms with E-state index < -0.39 is 22.7 Å². The number of nitrogens with zero attached hydrogens (tertiary/aromatic N) is 2. The molecule has 0 saturated carbocycles. The quantitative estimate of drug-likeness (QED) is 0.352. The summed E-state index contributed by atoms with van der Waals surface area (Å²) in [6.07, 6.45) is -3.08. The van der Waals surface area contributed by atoms with Gasteiger partial charge in [0.1, 0.15) is 5.75 Å². The second kappa shape index (κ2) is 8.95. The summed E-state index contributed by atoms with van der Waals surface area (Å²) >= 11 is 5.65. The highest BCUT2D eigenvalue weighted by Gasteiger charge is 2.33. The fraction of sp³-hybridized carbons (Fsp3) is 0.0870. The van der Waals surface area contributed by atoms with Crippen molar-refractivity contribution in [2.75, 3.05) is 17.7 Å². The molecule has 0 bridgehead atoms. The van der Waals surface area contributed by atoms with Crippen molar-refractivity contribution in [3.63, 3.8) is 0 Å². The van der Waals surface area contributed by atoms with Gasteiger partial charge >= 0.3 is 6.18 Å². The molecule has 3 aromatic carbocycles. The first-order chi connectivity index (χ1) is 15.7. The summed E-state index contributed by atoms with van der Waals surface area (Å²) in [7, 11) is 1.69. The molecule has 0 aliphatic carbocycles. The fourth-order valence-corrected chi connectivity index (χ4v) is 3.41. The number of carbonyl (C=O) groups is 1. The third-order valence-electron chi connectivity index (χ3n) is 4.70. The van der Waals surface area contributed by atoms with Crippen molar-refractivity contribution in [2.45, 2.75) is 6.18 Å². The number of alkyl halides is 3. The molecule has 6 nitrogen and oxygen atoms in total. The van der Waals surface area contributed by atoms with Crippen LogP contribution >= 0.6 is 11.6 Å². The minimum absolute atomic E-state index is 0.0159. The molecule has 0 saturated heterocycles. The largest absolute Gasteiger partial charge is 0.439 e. The Labute approximate surface area is 191 Å². The van der Waals surface area contributed by atoms with Crippen molar-refractivity contribution >= 4 is 39.9 Å². The molecule has 0 aliphatic rings. The van der Waals surface area contributed by atoms with Crippen molar-refractivity contribution in [1.82, 2.24) is 9.97 Å². The van der Waals surface area contributed by atoms with Crippen LogP contribution in [0.15, 0.2) is 66.9 Å². The zero-order valence-electron chi connectivity index (χ0n) is 17.1. The molecule has 1 heterocycles. The average molecular weight is 473 g/mol. The van der Waals surface area contributed by atoms with Crippen molar-refractivity contribution in [1.29, 1.82) is 0 Å². The molecule has 168 valence electrons. The minimum Gasteiger partial charge on any atom is -0.439 e. The summed E-state index contributed by atoms with van der Waals surface area (Å²) in [5.74, 6) is 0.682. The van der Waals surface area contributed by atoms with Crippen LogP contribution in [0.2, 0.25) is 5.02 Å². The number of rotatable bonds is 5. The summed E-state index contributed by atoms with van der Waals surface area (Å²) in [6, 6.07) is 15.0. The number of hydrogen-bond acceptors (Lipinski definition) is 5. The number of anilines is 2. The van der Waals surface area contributed by atoms with Crippen LogP contribution in [0.25, 0.3) is 10.8 Å². The van der Waals surface area contributed by atoms with E-state index in [0.717, 1.165) is 12.1 Å². The van der Waals surface area contributed by atoms with Crippen LogP contribution in [0, 0.1) is 0 Å². The molecule has 0 fully saturated rings. The van der Waals surface area contributed by atoms with Gasteiger partial charge in [-0.3, -0.25) is 4.79 Å². The molecule has 0 spiro atoms. The predicted octanol–water partition coefficient (Wildman–Crippen LogP) is 6.39. The fourth-order valence-electron chi connectivity index (χ4n) is 3.18. The summed E-state index contributed by atoms with van der Waals surface area (Å²) < 4.78 is 45.1. The Hall–Kier alpha value is -3.85. The van der Waals surface area contributed by atoms with E-state index in [-0.39, 0.29) is 5.69 Å². The monoisotopic (exact) mass is 472 g/mol. The molecule has 4 aromatic rings. The second-order valence-electron chi connectivity index (χ2n) is 6.91. The van der Waals surface area contributed by atoms with Gasteiger partial charge in [0.05, 0.1) is 10.6 Å². The lowest BCUT2D eigenvalue weighted by molar-refractivity contribution is -0.137. The van der Waals surface area contributed by atoms with Crippen molar-refractivity contribution in [3.05, 3.63) is 83.0 Å². The van der Waals surface area contributed by atoms with E-state index in [0.29, 0.717) is 33.9 Å². The number of nitrogens with one attached hydrogen (secondary N) is 2. The van der Waals surface area contributed by atoms with Gasteiger partial charge in [0.25, 0.3) is 5.91 Å². The summed E-state index contributed by atoms with van der Waals surface area (Å²) in [6.45, 7) is 0. The third kappa shape index (κ3) is 4.98. The van der Waals surface area contributed by atoms with E-state index in [4.69, 9.17) is 16.3 Å². The Morgan fingerprint density at radius 3 is 2.64 bits per heavy atom. The number of amides is 1. The topological polar surface area (TPSA) is 76.1 Å². The second-order valence-corrected chi connectivity index (χ2v) is 7.31.